The first-order valence-corrected chi connectivity index (χ1v) is 9.68. The number of carbonyl (C=O) groups is 2. The molecule has 1 saturated carbocycles. The number of Topliss-reactive ketones (excluding diaryl/α,β-unsaturated/α-hetero) is 1. The monoisotopic (exact) mass is 347 g/mol. The Hall–Kier alpha value is -1.45. The number of nitrogens with zero attached hydrogens (tertiary/aromatic N) is 1. The molecule has 0 N–H and O–H groups in total. The number of allylic oxidation sites excluding steroid dienone is 2. The Bertz CT molecular complexity index is 638. The van der Waals surface area contributed by atoms with Crippen LogP contribution in [0.3, 0.4) is 0 Å². The Labute approximate surface area is 150 Å². The molecule has 1 atom stereocenters. The standard InChI is InChI=1S/C21H30FNO2/c1-5-18(24)23-12-21(3,4)19-13(2)20(25)15(11-17(19)23)10-14-6-8-16(22)9-7-14/h11,13-14,16H,5-10,12H2,1-4H3. The molecule has 0 aromatic carbocycles. The average molecular weight is 347 g/mol. The fourth-order valence-corrected chi connectivity index (χ4v) is 4.88. The second-order valence-electron chi connectivity index (χ2n) is 8.59. The van der Waals surface area contributed by atoms with Crippen LogP contribution >= 0.6 is 0 Å². The van der Waals surface area contributed by atoms with Crippen molar-refractivity contribution >= 4 is 11.7 Å². The lowest BCUT2D eigenvalue weighted by atomic mass is 9.72. The van der Waals surface area contributed by atoms with E-state index >= 15 is 0 Å². The van der Waals surface area contributed by atoms with Crippen LogP contribution in [0.5, 0.6) is 0 Å². The highest BCUT2D eigenvalue weighted by atomic mass is 19.1. The molecular weight excluding hydrogens is 317 g/mol. The molecule has 1 fully saturated rings. The molecule has 3 nitrogen and oxygen atoms in total. The van der Waals surface area contributed by atoms with Gasteiger partial charge in [-0.1, -0.05) is 27.7 Å². The summed E-state index contributed by atoms with van der Waals surface area (Å²) >= 11 is 0. The number of amides is 1. The zero-order valence-corrected chi connectivity index (χ0v) is 15.9. The van der Waals surface area contributed by atoms with E-state index in [1.807, 2.05) is 24.8 Å². The summed E-state index contributed by atoms with van der Waals surface area (Å²) in [5, 5.41) is 0. The summed E-state index contributed by atoms with van der Waals surface area (Å²) < 4.78 is 13.4. The normalized spacial score (nSPS) is 31.9. The Morgan fingerprint density at radius 3 is 2.52 bits per heavy atom. The van der Waals surface area contributed by atoms with Gasteiger partial charge in [0.1, 0.15) is 6.17 Å². The van der Waals surface area contributed by atoms with E-state index in [9.17, 15) is 14.0 Å². The number of ketones is 1. The van der Waals surface area contributed by atoms with Gasteiger partial charge in [0.25, 0.3) is 0 Å². The summed E-state index contributed by atoms with van der Waals surface area (Å²) in [4.78, 5) is 27.2. The van der Waals surface area contributed by atoms with Gasteiger partial charge in [-0.3, -0.25) is 9.59 Å². The number of halogens is 1. The summed E-state index contributed by atoms with van der Waals surface area (Å²) in [6.07, 6.45) is 5.44. The lowest BCUT2D eigenvalue weighted by Gasteiger charge is -2.30. The molecule has 1 unspecified atom stereocenters. The van der Waals surface area contributed by atoms with Crippen LogP contribution in [-0.2, 0) is 9.59 Å². The quantitative estimate of drug-likeness (QED) is 0.749. The molecule has 138 valence electrons. The van der Waals surface area contributed by atoms with Gasteiger partial charge in [0.2, 0.25) is 5.91 Å². The summed E-state index contributed by atoms with van der Waals surface area (Å²) in [6, 6.07) is 0. The predicted octanol–water partition coefficient (Wildman–Crippen LogP) is 4.58. The van der Waals surface area contributed by atoms with E-state index in [1.54, 1.807) is 0 Å². The van der Waals surface area contributed by atoms with E-state index in [1.165, 1.54) is 0 Å². The number of hydrogen-bond donors (Lipinski definition) is 0. The lowest BCUT2D eigenvalue weighted by Crippen LogP contribution is -2.30. The van der Waals surface area contributed by atoms with Crippen LogP contribution in [0.2, 0.25) is 0 Å². The van der Waals surface area contributed by atoms with E-state index < -0.39 is 6.17 Å². The van der Waals surface area contributed by atoms with E-state index in [2.05, 4.69) is 13.8 Å². The van der Waals surface area contributed by atoms with Crippen LogP contribution in [-0.4, -0.2) is 29.3 Å². The molecule has 0 saturated heterocycles. The van der Waals surface area contributed by atoms with Crippen LogP contribution in [0.4, 0.5) is 4.39 Å². The van der Waals surface area contributed by atoms with E-state index in [-0.39, 0.29) is 23.0 Å². The highest BCUT2D eigenvalue weighted by Gasteiger charge is 2.45. The van der Waals surface area contributed by atoms with E-state index in [4.69, 9.17) is 0 Å². The van der Waals surface area contributed by atoms with Gasteiger partial charge in [-0.15, -0.1) is 0 Å². The largest absolute Gasteiger partial charge is 0.312 e. The maximum absolute atomic E-state index is 13.4. The predicted molar refractivity (Wildman–Crippen MR) is 96.5 cm³/mol. The molecular formula is C21H30FNO2. The Kier molecular flexibility index (Phi) is 4.91. The zero-order valence-electron chi connectivity index (χ0n) is 15.9. The van der Waals surface area contributed by atoms with Crippen molar-refractivity contribution in [2.45, 2.75) is 72.4 Å². The lowest BCUT2D eigenvalue weighted by molar-refractivity contribution is -0.129. The molecule has 0 radical (unpaired) electrons. The van der Waals surface area contributed by atoms with Crippen LogP contribution in [0.1, 0.15) is 66.2 Å². The van der Waals surface area contributed by atoms with Crippen molar-refractivity contribution in [3.63, 3.8) is 0 Å². The first-order valence-electron chi connectivity index (χ1n) is 9.68. The van der Waals surface area contributed by atoms with Crippen molar-refractivity contribution in [1.29, 1.82) is 0 Å². The molecule has 1 heterocycles. The van der Waals surface area contributed by atoms with Gasteiger partial charge in [-0.05, 0) is 55.2 Å². The number of alkyl halides is 1. The number of hydrogen-bond acceptors (Lipinski definition) is 2. The average Bonchev–Trinajstić information content (AvgIpc) is 2.84. The Morgan fingerprint density at radius 2 is 1.92 bits per heavy atom. The van der Waals surface area contributed by atoms with Crippen LogP contribution in [0.25, 0.3) is 0 Å². The van der Waals surface area contributed by atoms with Crippen LogP contribution in [0, 0.1) is 17.3 Å². The maximum atomic E-state index is 13.4. The van der Waals surface area contributed by atoms with Crippen LogP contribution in [0.15, 0.2) is 22.9 Å². The first kappa shape index (κ1) is 18.3. The number of carbonyl (C=O) groups excluding carboxylic acids is 2. The summed E-state index contributed by atoms with van der Waals surface area (Å²) in [6.45, 7) is 8.75. The highest BCUT2D eigenvalue weighted by molar-refractivity contribution is 6.01. The molecule has 25 heavy (non-hydrogen) atoms. The summed E-state index contributed by atoms with van der Waals surface area (Å²) in [5.41, 5.74) is 2.73. The Balaban J connectivity index is 1.90. The van der Waals surface area contributed by atoms with Gasteiger partial charge in [-0.25, -0.2) is 4.39 Å². The minimum absolute atomic E-state index is 0.119. The number of rotatable bonds is 3. The second kappa shape index (κ2) is 6.69. The molecule has 3 aliphatic rings. The molecule has 0 aromatic heterocycles. The van der Waals surface area contributed by atoms with Gasteiger partial charge >= 0.3 is 0 Å². The third kappa shape index (κ3) is 3.32. The van der Waals surface area contributed by atoms with Crippen molar-refractivity contribution in [2.24, 2.45) is 17.3 Å². The van der Waals surface area contributed by atoms with Crippen molar-refractivity contribution in [3.05, 3.63) is 22.9 Å². The fraction of sp³-hybridized carbons (Fsp3) is 0.714. The fourth-order valence-electron chi connectivity index (χ4n) is 4.88. The maximum Gasteiger partial charge on any atom is 0.226 e. The van der Waals surface area contributed by atoms with Crippen molar-refractivity contribution in [2.75, 3.05) is 6.54 Å². The first-order chi connectivity index (χ1) is 11.7. The summed E-state index contributed by atoms with van der Waals surface area (Å²) in [7, 11) is 0. The molecule has 4 heteroatoms. The topological polar surface area (TPSA) is 37.4 Å². The molecule has 0 bridgehead atoms. The zero-order chi connectivity index (χ0) is 18.4. The third-order valence-corrected chi connectivity index (χ3v) is 6.19. The van der Waals surface area contributed by atoms with Gasteiger partial charge < -0.3 is 4.90 Å². The van der Waals surface area contributed by atoms with E-state index in [0.29, 0.717) is 31.7 Å². The minimum atomic E-state index is -0.672. The molecule has 3 rings (SSSR count). The molecule has 0 spiro atoms. The Morgan fingerprint density at radius 1 is 1.28 bits per heavy atom. The van der Waals surface area contributed by atoms with Crippen molar-refractivity contribution in [3.8, 4) is 0 Å². The van der Waals surface area contributed by atoms with Gasteiger partial charge in [0, 0.05) is 30.0 Å². The van der Waals surface area contributed by atoms with Gasteiger partial charge in [0.15, 0.2) is 5.78 Å². The van der Waals surface area contributed by atoms with Crippen molar-refractivity contribution < 1.29 is 14.0 Å². The van der Waals surface area contributed by atoms with E-state index in [0.717, 1.165) is 36.1 Å². The van der Waals surface area contributed by atoms with Crippen molar-refractivity contribution in [1.82, 2.24) is 4.90 Å². The molecule has 1 aliphatic heterocycles. The molecule has 1 amide bonds. The highest BCUT2D eigenvalue weighted by Crippen LogP contribution is 2.47. The van der Waals surface area contributed by atoms with Crippen LogP contribution < -0.4 is 0 Å². The second-order valence-corrected chi connectivity index (χ2v) is 8.59. The summed E-state index contributed by atoms with van der Waals surface area (Å²) in [5.74, 6) is 0.534. The minimum Gasteiger partial charge on any atom is -0.312 e. The smallest absolute Gasteiger partial charge is 0.226 e. The third-order valence-electron chi connectivity index (χ3n) is 6.19. The molecule has 2 aliphatic carbocycles. The van der Waals surface area contributed by atoms with Gasteiger partial charge in [0.05, 0.1) is 0 Å². The SMILES string of the molecule is CCC(=O)N1CC(C)(C)C2=C1C=C(CC1CCC(F)CC1)C(=O)C2C. The van der Waals surface area contributed by atoms with Gasteiger partial charge in [-0.2, -0.15) is 0 Å². The molecule has 0 aromatic rings.